The summed E-state index contributed by atoms with van der Waals surface area (Å²) in [6, 6.07) is 2.77. The van der Waals surface area contributed by atoms with Crippen molar-refractivity contribution in [3.8, 4) is 0 Å². The average molecular weight is 350 g/mol. The molecular formula is C14H17Cl2NO3S. The van der Waals surface area contributed by atoms with Crippen LogP contribution in [-0.4, -0.2) is 30.9 Å². The number of sulfonamides is 1. The monoisotopic (exact) mass is 349 g/mol. The Morgan fingerprint density at radius 3 is 2.33 bits per heavy atom. The lowest BCUT2D eigenvalue weighted by molar-refractivity contribution is 0.281. The molecule has 1 saturated carbocycles. The largest absolute Gasteiger partial charge is 0.392 e. The van der Waals surface area contributed by atoms with E-state index in [0.717, 1.165) is 12.8 Å². The maximum atomic E-state index is 12.8. The lowest BCUT2D eigenvalue weighted by Crippen LogP contribution is -2.30. The van der Waals surface area contributed by atoms with E-state index in [1.54, 1.807) is 0 Å². The number of aliphatic hydroxyl groups excluding tert-OH is 1. The summed E-state index contributed by atoms with van der Waals surface area (Å²) in [5.74, 6) is 0.950. The Morgan fingerprint density at radius 2 is 1.76 bits per heavy atom. The van der Waals surface area contributed by atoms with Crippen LogP contribution in [-0.2, 0) is 16.6 Å². The summed E-state index contributed by atoms with van der Waals surface area (Å²) >= 11 is 12.0. The van der Waals surface area contributed by atoms with E-state index >= 15 is 0 Å². The fourth-order valence-corrected chi connectivity index (χ4v) is 5.80. The van der Waals surface area contributed by atoms with Gasteiger partial charge in [-0.25, -0.2) is 8.42 Å². The van der Waals surface area contributed by atoms with Crippen molar-refractivity contribution < 1.29 is 13.5 Å². The van der Waals surface area contributed by atoms with Crippen LogP contribution in [0.1, 0.15) is 24.8 Å². The third kappa shape index (κ3) is 2.70. The van der Waals surface area contributed by atoms with Crippen LogP contribution in [0.5, 0.6) is 0 Å². The van der Waals surface area contributed by atoms with Crippen LogP contribution in [0.25, 0.3) is 0 Å². The van der Waals surface area contributed by atoms with Crippen molar-refractivity contribution in [1.82, 2.24) is 4.31 Å². The Bertz CT molecular complexity index is 650. The zero-order valence-electron chi connectivity index (χ0n) is 11.4. The van der Waals surface area contributed by atoms with E-state index in [1.165, 1.54) is 22.9 Å². The van der Waals surface area contributed by atoms with Crippen LogP contribution in [0.15, 0.2) is 17.0 Å². The second-order valence-electron chi connectivity index (χ2n) is 5.81. The van der Waals surface area contributed by atoms with Gasteiger partial charge in [0, 0.05) is 18.1 Å². The Kier molecular flexibility index (Phi) is 4.23. The number of nitrogens with zero attached hydrogens (tertiary/aromatic N) is 1. The van der Waals surface area contributed by atoms with Gasteiger partial charge < -0.3 is 5.11 Å². The summed E-state index contributed by atoms with van der Waals surface area (Å²) in [6.07, 6.45) is 3.40. The molecule has 1 aromatic rings. The van der Waals surface area contributed by atoms with Gasteiger partial charge in [0.15, 0.2) is 0 Å². The van der Waals surface area contributed by atoms with Crippen LogP contribution in [0.3, 0.4) is 0 Å². The fraction of sp³-hybridized carbons (Fsp3) is 0.571. The summed E-state index contributed by atoms with van der Waals surface area (Å²) in [6.45, 7) is 0.824. The zero-order chi connectivity index (χ0) is 15.2. The molecule has 1 aliphatic carbocycles. The summed E-state index contributed by atoms with van der Waals surface area (Å²) < 4.78 is 27.1. The molecule has 7 heteroatoms. The lowest BCUT2D eigenvalue weighted by Gasteiger charge is -2.19. The summed E-state index contributed by atoms with van der Waals surface area (Å²) in [4.78, 5) is 0.0394. The second kappa shape index (κ2) is 5.70. The minimum absolute atomic E-state index is 0.0394. The molecular weight excluding hydrogens is 333 g/mol. The smallest absolute Gasteiger partial charge is 0.244 e. The Hall–Kier alpha value is -0.330. The Labute approximate surface area is 134 Å². The molecule has 116 valence electrons. The summed E-state index contributed by atoms with van der Waals surface area (Å²) in [7, 11) is -3.63. The van der Waals surface area contributed by atoms with Gasteiger partial charge in [0.25, 0.3) is 0 Å². The highest BCUT2D eigenvalue weighted by atomic mass is 35.5. The number of fused-ring (bicyclic) bond motifs is 1. The first-order valence-corrected chi connectivity index (χ1v) is 9.22. The molecule has 1 aromatic carbocycles. The van der Waals surface area contributed by atoms with Crippen molar-refractivity contribution in [2.24, 2.45) is 11.8 Å². The van der Waals surface area contributed by atoms with Crippen LogP contribution >= 0.6 is 23.2 Å². The minimum atomic E-state index is -3.63. The molecule has 2 unspecified atom stereocenters. The highest BCUT2D eigenvalue weighted by Crippen LogP contribution is 2.41. The fourth-order valence-electron chi connectivity index (χ4n) is 3.42. The van der Waals surface area contributed by atoms with E-state index in [2.05, 4.69) is 0 Å². The SMILES string of the molecule is O=S(=O)(c1cc(CO)c(Cl)cc1Cl)N1CC2CCCC2C1. The zero-order valence-corrected chi connectivity index (χ0v) is 13.8. The molecule has 4 nitrogen and oxygen atoms in total. The van der Waals surface area contributed by atoms with E-state index in [0.29, 0.717) is 30.5 Å². The quantitative estimate of drug-likeness (QED) is 0.912. The maximum absolute atomic E-state index is 12.8. The van der Waals surface area contributed by atoms with Crippen molar-refractivity contribution in [1.29, 1.82) is 0 Å². The average Bonchev–Trinajstić information content (AvgIpc) is 2.99. The highest BCUT2D eigenvalue weighted by Gasteiger charge is 2.42. The first-order valence-electron chi connectivity index (χ1n) is 7.02. The molecule has 0 aromatic heterocycles. The number of aliphatic hydroxyl groups is 1. The predicted molar refractivity (Wildman–Crippen MR) is 82.0 cm³/mol. The summed E-state index contributed by atoms with van der Waals surface area (Å²) in [5.41, 5.74) is 0.374. The number of rotatable bonds is 3. The Morgan fingerprint density at radius 1 is 1.14 bits per heavy atom. The van der Waals surface area contributed by atoms with Gasteiger partial charge in [0.2, 0.25) is 10.0 Å². The molecule has 0 radical (unpaired) electrons. The van der Waals surface area contributed by atoms with Gasteiger partial charge in [0.05, 0.1) is 11.6 Å². The summed E-state index contributed by atoms with van der Waals surface area (Å²) in [5, 5.41) is 9.64. The minimum Gasteiger partial charge on any atom is -0.392 e. The molecule has 1 aliphatic heterocycles. The molecule has 0 spiro atoms. The molecule has 2 aliphatic rings. The van der Waals surface area contributed by atoms with Gasteiger partial charge in [0.1, 0.15) is 4.90 Å². The standard InChI is InChI=1S/C14H17Cl2NO3S/c15-12-5-13(16)14(4-11(12)8-18)21(19,20)17-6-9-2-1-3-10(9)7-17/h4-5,9-10,18H,1-3,6-8H2. The molecule has 2 fully saturated rings. The van der Waals surface area contributed by atoms with Gasteiger partial charge in [-0.2, -0.15) is 4.31 Å². The number of hydrogen-bond acceptors (Lipinski definition) is 3. The normalized spacial score (nSPS) is 26.2. The van der Waals surface area contributed by atoms with Crippen molar-refractivity contribution in [3.63, 3.8) is 0 Å². The van der Waals surface area contributed by atoms with Crippen LogP contribution in [0.4, 0.5) is 0 Å². The van der Waals surface area contributed by atoms with Gasteiger partial charge in [-0.05, 0) is 42.4 Å². The maximum Gasteiger partial charge on any atom is 0.244 e. The van der Waals surface area contributed by atoms with Crippen LogP contribution in [0.2, 0.25) is 10.0 Å². The predicted octanol–water partition coefficient (Wildman–Crippen LogP) is 2.91. The van der Waals surface area contributed by atoms with Crippen LogP contribution in [0, 0.1) is 11.8 Å². The van der Waals surface area contributed by atoms with E-state index in [4.69, 9.17) is 23.2 Å². The first kappa shape index (κ1) is 15.6. The topological polar surface area (TPSA) is 57.6 Å². The number of benzene rings is 1. The molecule has 1 saturated heterocycles. The molecule has 0 amide bonds. The molecule has 2 atom stereocenters. The molecule has 21 heavy (non-hydrogen) atoms. The van der Waals surface area contributed by atoms with E-state index in [1.807, 2.05) is 0 Å². The first-order chi connectivity index (χ1) is 9.93. The molecule has 1 N–H and O–H groups in total. The van der Waals surface area contributed by atoms with E-state index in [-0.39, 0.29) is 21.5 Å². The second-order valence-corrected chi connectivity index (χ2v) is 8.53. The third-order valence-electron chi connectivity index (χ3n) is 4.58. The lowest BCUT2D eigenvalue weighted by atomic mass is 10.0. The molecule has 0 bridgehead atoms. The molecule has 1 heterocycles. The van der Waals surface area contributed by atoms with Gasteiger partial charge in [-0.3, -0.25) is 0 Å². The van der Waals surface area contributed by atoms with Crippen LogP contribution < -0.4 is 0 Å². The number of hydrogen-bond donors (Lipinski definition) is 1. The Balaban J connectivity index is 1.95. The van der Waals surface area contributed by atoms with Crippen molar-refractivity contribution in [2.45, 2.75) is 30.8 Å². The van der Waals surface area contributed by atoms with E-state index in [9.17, 15) is 13.5 Å². The number of halogens is 2. The molecule has 3 rings (SSSR count). The van der Waals surface area contributed by atoms with Gasteiger partial charge in [-0.1, -0.05) is 29.6 Å². The van der Waals surface area contributed by atoms with Crippen molar-refractivity contribution in [3.05, 3.63) is 27.7 Å². The van der Waals surface area contributed by atoms with E-state index < -0.39 is 10.0 Å². The highest BCUT2D eigenvalue weighted by molar-refractivity contribution is 7.89. The van der Waals surface area contributed by atoms with Gasteiger partial charge >= 0.3 is 0 Å². The third-order valence-corrected chi connectivity index (χ3v) is 7.23. The van der Waals surface area contributed by atoms with Crippen molar-refractivity contribution >= 4 is 33.2 Å². The van der Waals surface area contributed by atoms with Crippen molar-refractivity contribution in [2.75, 3.05) is 13.1 Å². The van der Waals surface area contributed by atoms with Gasteiger partial charge in [-0.15, -0.1) is 0 Å².